The number of halogens is 3. The number of alkyl halides is 3. The van der Waals surface area contributed by atoms with E-state index in [-0.39, 0.29) is 0 Å². The monoisotopic (exact) mass is 163 g/mol. The second kappa shape index (κ2) is 2.40. The Kier molecular flexibility index (Phi) is 1.83. The Hall–Kier alpha value is -0.720. The van der Waals surface area contributed by atoms with Crippen molar-refractivity contribution < 1.29 is 13.2 Å². The first-order chi connectivity index (χ1) is 4.97. The molecule has 62 valence electrons. The van der Waals surface area contributed by atoms with Crippen LogP contribution in [0.4, 0.5) is 13.2 Å². The van der Waals surface area contributed by atoms with Gasteiger partial charge < -0.3 is 0 Å². The lowest BCUT2D eigenvalue weighted by Gasteiger charge is -2.35. The van der Waals surface area contributed by atoms with Crippen LogP contribution in [0, 0.1) is 16.7 Å². The van der Waals surface area contributed by atoms with E-state index < -0.39 is 18.0 Å². The Labute approximate surface area is 62.8 Å². The molecule has 1 nitrogen and oxygen atoms in total. The van der Waals surface area contributed by atoms with Crippen molar-refractivity contribution in [3.63, 3.8) is 0 Å². The van der Waals surface area contributed by atoms with Crippen molar-refractivity contribution in [1.29, 1.82) is 5.26 Å². The van der Waals surface area contributed by atoms with Crippen LogP contribution in [0.15, 0.2) is 0 Å². The molecule has 0 aromatic heterocycles. The lowest BCUT2D eigenvalue weighted by Crippen LogP contribution is -2.33. The molecular formula is C7H8F3N. The van der Waals surface area contributed by atoms with E-state index in [9.17, 15) is 13.2 Å². The molecule has 1 saturated carbocycles. The summed E-state index contributed by atoms with van der Waals surface area (Å²) in [6.07, 6.45) is -3.55. The van der Waals surface area contributed by atoms with Crippen molar-refractivity contribution >= 4 is 0 Å². The Balaban J connectivity index is 2.54. The highest BCUT2D eigenvalue weighted by Crippen LogP contribution is 2.47. The van der Waals surface area contributed by atoms with Gasteiger partial charge in [0, 0.05) is 0 Å². The largest absolute Gasteiger partial charge is 0.390 e. The summed E-state index contributed by atoms with van der Waals surface area (Å²) in [5, 5.41) is 8.45. The molecule has 1 fully saturated rings. The first kappa shape index (κ1) is 8.38. The minimum absolute atomic E-state index is 0.406. The van der Waals surface area contributed by atoms with Gasteiger partial charge in [0.15, 0.2) is 0 Å². The molecule has 0 spiro atoms. The molecule has 4 heteroatoms. The summed E-state index contributed by atoms with van der Waals surface area (Å²) in [5.74, 6) is 0. The van der Waals surface area contributed by atoms with Gasteiger partial charge in [-0.2, -0.15) is 18.4 Å². The minimum Gasteiger partial charge on any atom is -0.198 e. The number of nitriles is 1. The fraction of sp³-hybridized carbons (Fsp3) is 0.857. The number of hydrogen-bond acceptors (Lipinski definition) is 1. The van der Waals surface area contributed by atoms with Gasteiger partial charge in [-0.25, -0.2) is 0 Å². The molecule has 0 heterocycles. The molecule has 0 amide bonds. The number of nitrogens with zero attached hydrogens (tertiary/aromatic N) is 1. The molecule has 0 aromatic carbocycles. The lowest BCUT2D eigenvalue weighted by molar-refractivity contribution is -0.159. The highest BCUT2D eigenvalue weighted by Gasteiger charge is 2.46. The van der Waals surface area contributed by atoms with Crippen LogP contribution in [0.5, 0.6) is 0 Å². The Bertz CT molecular complexity index is 185. The highest BCUT2D eigenvalue weighted by molar-refractivity contribution is 5.05. The van der Waals surface area contributed by atoms with Gasteiger partial charge in [-0.3, -0.25) is 0 Å². The van der Waals surface area contributed by atoms with Gasteiger partial charge in [0.05, 0.1) is 17.9 Å². The molecule has 0 bridgehead atoms. The van der Waals surface area contributed by atoms with E-state index >= 15 is 0 Å². The second-order valence-corrected chi connectivity index (χ2v) is 3.04. The van der Waals surface area contributed by atoms with Crippen molar-refractivity contribution in [3.05, 3.63) is 0 Å². The first-order valence-corrected chi connectivity index (χ1v) is 3.45. The van der Waals surface area contributed by atoms with Gasteiger partial charge in [-0.1, -0.05) is 6.42 Å². The van der Waals surface area contributed by atoms with E-state index in [2.05, 4.69) is 0 Å². The van der Waals surface area contributed by atoms with E-state index in [1.54, 1.807) is 6.07 Å². The molecule has 0 saturated heterocycles. The van der Waals surface area contributed by atoms with Gasteiger partial charge in [0.2, 0.25) is 0 Å². The van der Waals surface area contributed by atoms with E-state index in [1.807, 2.05) is 0 Å². The van der Waals surface area contributed by atoms with Gasteiger partial charge in [0.1, 0.15) is 0 Å². The predicted octanol–water partition coefficient (Wildman–Crippen LogP) is 2.63. The molecule has 0 N–H and O–H groups in total. The quantitative estimate of drug-likeness (QED) is 0.582. The topological polar surface area (TPSA) is 23.8 Å². The summed E-state index contributed by atoms with van der Waals surface area (Å²) in [7, 11) is 0. The number of rotatable bonds is 1. The van der Waals surface area contributed by atoms with Crippen LogP contribution in [0.2, 0.25) is 0 Å². The van der Waals surface area contributed by atoms with Gasteiger partial charge in [-0.15, -0.1) is 0 Å². The molecule has 0 unspecified atom stereocenters. The molecule has 1 rings (SSSR count). The van der Waals surface area contributed by atoms with Crippen molar-refractivity contribution in [1.82, 2.24) is 0 Å². The third kappa shape index (κ3) is 1.86. The number of hydrogen-bond donors (Lipinski definition) is 0. The zero-order valence-corrected chi connectivity index (χ0v) is 5.91. The van der Waals surface area contributed by atoms with Crippen molar-refractivity contribution in [2.24, 2.45) is 5.41 Å². The van der Waals surface area contributed by atoms with Gasteiger partial charge >= 0.3 is 6.18 Å². The van der Waals surface area contributed by atoms with Crippen LogP contribution in [0.3, 0.4) is 0 Å². The summed E-state index contributed by atoms with van der Waals surface area (Å²) >= 11 is 0. The van der Waals surface area contributed by atoms with Gasteiger partial charge in [-0.05, 0) is 12.8 Å². The van der Waals surface area contributed by atoms with Crippen molar-refractivity contribution in [2.45, 2.75) is 31.9 Å². The Morgan fingerprint density at radius 1 is 1.36 bits per heavy atom. The lowest BCUT2D eigenvalue weighted by atomic mass is 9.68. The Morgan fingerprint density at radius 2 is 1.91 bits per heavy atom. The third-order valence-corrected chi connectivity index (χ3v) is 2.09. The Morgan fingerprint density at radius 3 is 2.00 bits per heavy atom. The van der Waals surface area contributed by atoms with Crippen LogP contribution in [-0.2, 0) is 0 Å². The van der Waals surface area contributed by atoms with E-state index in [0.29, 0.717) is 12.8 Å². The molecule has 0 aromatic rings. The molecule has 0 aliphatic heterocycles. The maximum absolute atomic E-state index is 11.8. The fourth-order valence-corrected chi connectivity index (χ4v) is 1.32. The maximum Gasteiger partial charge on any atom is 0.390 e. The molecule has 11 heavy (non-hydrogen) atoms. The maximum atomic E-state index is 11.8. The van der Waals surface area contributed by atoms with E-state index in [4.69, 9.17) is 5.26 Å². The van der Waals surface area contributed by atoms with E-state index in [0.717, 1.165) is 6.42 Å². The van der Waals surface area contributed by atoms with Crippen molar-refractivity contribution in [3.8, 4) is 6.07 Å². The average molecular weight is 163 g/mol. The van der Waals surface area contributed by atoms with Crippen LogP contribution < -0.4 is 0 Å². The molecule has 0 radical (unpaired) electrons. The summed E-state index contributed by atoms with van der Waals surface area (Å²) in [5.41, 5.74) is -1.07. The summed E-state index contributed by atoms with van der Waals surface area (Å²) in [6, 6.07) is 1.75. The zero-order chi connectivity index (χ0) is 8.54. The SMILES string of the molecule is N#CC1(CC(F)(F)F)CCC1. The van der Waals surface area contributed by atoms with Crippen LogP contribution in [-0.4, -0.2) is 6.18 Å². The molecule has 0 atom stereocenters. The summed E-state index contributed by atoms with van der Waals surface area (Å²) in [4.78, 5) is 0. The highest BCUT2D eigenvalue weighted by atomic mass is 19.4. The van der Waals surface area contributed by atoms with E-state index in [1.165, 1.54) is 0 Å². The van der Waals surface area contributed by atoms with Crippen molar-refractivity contribution in [2.75, 3.05) is 0 Å². The first-order valence-electron chi connectivity index (χ1n) is 3.45. The predicted molar refractivity (Wildman–Crippen MR) is 32.6 cm³/mol. The smallest absolute Gasteiger partial charge is 0.198 e. The third-order valence-electron chi connectivity index (χ3n) is 2.09. The summed E-state index contributed by atoms with van der Waals surface area (Å²) < 4.78 is 35.4. The fourth-order valence-electron chi connectivity index (χ4n) is 1.32. The summed E-state index contributed by atoms with van der Waals surface area (Å²) in [6.45, 7) is 0. The molecular weight excluding hydrogens is 155 g/mol. The standard InChI is InChI=1S/C7H8F3N/c8-7(9,10)4-6(5-11)2-1-3-6/h1-4H2. The van der Waals surface area contributed by atoms with Crippen LogP contribution >= 0.6 is 0 Å². The zero-order valence-electron chi connectivity index (χ0n) is 5.91. The van der Waals surface area contributed by atoms with Crippen LogP contribution in [0.1, 0.15) is 25.7 Å². The van der Waals surface area contributed by atoms with Gasteiger partial charge in [0.25, 0.3) is 0 Å². The molecule has 1 aliphatic carbocycles. The normalized spacial score (nSPS) is 22.0. The second-order valence-electron chi connectivity index (χ2n) is 3.04. The molecule has 1 aliphatic rings. The average Bonchev–Trinajstić information content (AvgIpc) is 1.77. The van der Waals surface area contributed by atoms with Crippen LogP contribution in [0.25, 0.3) is 0 Å². The minimum atomic E-state index is -4.18.